The van der Waals surface area contributed by atoms with Gasteiger partial charge in [-0.2, -0.15) is 0 Å². The lowest BCUT2D eigenvalue weighted by molar-refractivity contribution is -0.136. The van der Waals surface area contributed by atoms with Crippen molar-refractivity contribution < 1.29 is 23.9 Å². The molecular formula is C32H36N2O5. The smallest absolute Gasteiger partial charge is 0.410 e. The van der Waals surface area contributed by atoms with Crippen molar-refractivity contribution in [1.82, 2.24) is 9.80 Å². The van der Waals surface area contributed by atoms with Crippen LogP contribution in [0.3, 0.4) is 0 Å². The largest absolute Gasteiger partial charge is 0.456 e. The standard InChI is InChI=1S/C32H36N2O5/c1-32(2,3)39-31(37)33-19-20-34(27(22-33)21-24-11-5-4-6-12-24)30(36)18-17-25-13-7-9-15-28(25)38-29-16-10-8-14-26(29)23-35/h4-16,23,27H,17-22H2,1-3H3. The van der Waals surface area contributed by atoms with Crippen molar-refractivity contribution in [1.29, 1.82) is 0 Å². The Kier molecular flexibility index (Phi) is 9.02. The zero-order valence-electron chi connectivity index (χ0n) is 22.8. The molecule has 4 rings (SSSR count). The molecule has 3 aromatic rings. The summed E-state index contributed by atoms with van der Waals surface area (Å²) in [5.41, 5.74) is 1.88. The number of ether oxygens (including phenoxy) is 2. The summed E-state index contributed by atoms with van der Waals surface area (Å²) in [5, 5.41) is 0. The van der Waals surface area contributed by atoms with Gasteiger partial charge in [0.2, 0.25) is 5.91 Å². The predicted octanol–water partition coefficient (Wildman–Crippen LogP) is 5.91. The van der Waals surface area contributed by atoms with Gasteiger partial charge < -0.3 is 19.3 Å². The van der Waals surface area contributed by atoms with E-state index in [0.29, 0.717) is 56.0 Å². The van der Waals surface area contributed by atoms with Crippen LogP contribution < -0.4 is 4.74 Å². The number of piperazine rings is 1. The van der Waals surface area contributed by atoms with Gasteiger partial charge in [0, 0.05) is 26.1 Å². The molecule has 0 bridgehead atoms. The third-order valence-corrected chi connectivity index (χ3v) is 6.62. The average molecular weight is 529 g/mol. The van der Waals surface area contributed by atoms with Gasteiger partial charge in [-0.1, -0.05) is 60.7 Å². The van der Waals surface area contributed by atoms with Crippen LogP contribution >= 0.6 is 0 Å². The van der Waals surface area contributed by atoms with E-state index < -0.39 is 5.60 Å². The third kappa shape index (κ3) is 7.69. The van der Waals surface area contributed by atoms with Crippen molar-refractivity contribution >= 4 is 18.3 Å². The Labute approximate surface area is 230 Å². The lowest BCUT2D eigenvalue weighted by Crippen LogP contribution is -2.57. The number of para-hydroxylation sites is 2. The molecule has 204 valence electrons. The van der Waals surface area contributed by atoms with Gasteiger partial charge in [0.15, 0.2) is 6.29 Å². The molecule has 0 spiro atoms. The zero-order valence-corrected chi connectivity index (χ0v) is 22.8. The predicted molar refractivity (Wildman–Crippen MR) is 150 cm³/mol. The number of carbonyl (C=O) groups excluding carboxylic acids is 3. The minimum atomic E-state index is -0.583. The molecule has 1 aliphatic rings. The first kappa shape index (κ1) is 27.9. The van der Waals surface area contributed by atoms with E-state index >= 15 is 0 Å². The van der Waals surface area contributed by atoms with Crippen LogP contribution in [0.2, 0.25) is 0 Å². The Morgan fingerprint density at radius 1 is 0.897 bits per heavy atom. The molecule has 1 saturated heterocycles. The number of carbonyl (C=O) groups is 3. The molecule has 0 radical (unpaired) electrons. The van der Waals surface area contributed by atoms with E-state index in [0.717, 1.165) is 17.4 Å². The molecule has 1 aliphatic heterocycles. The van der Waals surface area contributed by atoms with Crippen molar-refractivity contribution in [3.63, 3.8) is 0 Å². The molecule has 2 amide bonds. The molecule has 0 N–H and O–H groups in total. The second kappa shape index (κ2) is 12.6. The fourth-order valence-corrected chi connectivity index (χ4v) is 4.72. The van der Waals surface area contributed by atoms with Gasteiger partial charge in [-0.25, -0.2) is 4.79 Å². The summed E-state index contributed by atoms with van der Waals surface area (Å²) in [6, 6.07) is 24.5. The minimum Gasteiger partial charge on any atom is -0.456 e. The normalized spacial score (nSPS) is 15.5. The highest BCUT2D eigenvalue weighted by Crippen LogP contribution is 2.29. The second-order valence-corrected chi connectivity index (χ2v) is 10.7. The van der Waals surface area contributed by atoms with Gasteiger partial charge in [0.25, 0.3) is 0 Å². The topological polar surface area (TPSA) is 76.2 Å². The molecule has 0 aliphatic carbocycles. The van der Waals surface area contributed by atoms with Crippen LogP contribution in [0.4, 0.5) is 4.79 Å². The lowest BCUT2D eigenvalue weighted by atomic mass is 10.0. The van der Waals surface area contributed by atoms with Crippen LogP contribution in [0, 0.1) is 0 Å². The molecule has 1 heterocycles. The Hall–Kier alpha value is -4.13. The van der Waals surface area contributed by atoms with Crippen molar-refractivity contribution in [3.05, 3.63) is 95.6 Å². The maximum atomic E-state index is 13.6. The van der Waals surface area contributed by atoms with Gasteiger partial charge in [-0.05, 0) is 62.9 Å². The molecule has 0 saturated carbocycles. The highest BCUT2D eigenvalue weighted by atomic mass is 16.6. The fraction of sp³-hybridized carbons (Fsp3) is 0.344. The molecule has 1 fully saturated rings. The third-order valence-electron chi connectivity index (χ3n) is 6.62. The van der Waals surface area contributed by atoms with Gasteiger partial charge >= 0.3 is 6.09 Å². The van der Waals surface area contributed by atoms with Crippen molar-refractivity contribution in [2.24, 2.45) is 0 Å². The van der Waals surface area contributed by atoms with Gasteiger partial charge in [-0.15, -0.1) is 0 Å². The number of hydrogen-bond acceptors (Lipinski definition) is 5. The minimum absolute atomic E-state index is 0.0304. The Morgan fingerprint density at radius 2 is 1.56 bits per heavy atom. The van der Waals surface area contributed by atoms with Crippen LogP contribution in [0.25, 0.3) is 0 Å². The molecule has 7 nitrogen and oxygen atoms in total. The first-order valence-corrected chi connectivity index (χ1v) is 13.3. The number of aryl methyl sites for hydroxylation is 1. The first-order valence-electron chi connectivity index (χ1n) is 13.3. The Bertz CT molecular complexity index is 1280. The van der Waals surface area contributed by atoms with E-state index in [2.05, 4.69) is 0 Å². The highest BCUT2D eigenvalue weighted by Gasteiger charge is 2.34. The number of nitrogens with zero attached hydrogens (tertiary/aromatic N) is 2. The molecule has 39 heavy (non-hydrogen) atoms. The SMILES string of the molecule is CC(C)(C)OC(=O)N1CCN(C(=O)CCc2ccccc2Oc2ccccc2C=O)C(Cc2ccccc2)C1. The summed E-state index contributed by atoms with van der Waals surface area (Å²) >= 11 is 0. The quantitative estimate of drug-likeness (QED) is 0.340. The molecular weight excluding hydrogens is 492 g/mol. The van der Waals surface area contributed by atoms with E-state index in [1.807, 2.05) is 86.3 Å². The van der Waals surface area contributed by atoms with E-state index in [1.165, 1.54) is 0 Å². The molecule has 1 unspecified atom stereocenters. The van der Waals surface area contributed by atoms with Crippen molar-refractivity contribution in [2.75, 3.05) is 19.6 Å². The Morgan fingerprint density at radius 3 is 2.28 bits per heavy atom. The van der Waals surface area contributed by atoms with Crippen molar-refractivity contribution in [3.8, 4) is 11.5 Å². The van der Waals surface area contributed by atoms with Crippen molar-refractivity contribution in [2.45, 2.75) is 51.7 Å². The van der Waals surface area contributed by atoms with Gasteiger partial charge in [0.1, 0.15) is 17.1 Å². The molecule has 1 atom stereocenters. The summed E-state index contributed by atoms with van der Waals surface area (Å²) in [7, 11) is 0. The number of amides is 2. The highest BCUT2D eigenvalue weighted by molar-refractivity contribution is 5.79. The molecule has 3 aromatic carbocycles. The summed E-state index contributed by atoms with van der Waals surface area (Å²) < 4.78 is 11.7. The summed E-state index contributed by atoms with van der Waals surface area (Å²) in [5.74, 6) is 1.13. The van der Waals surface area contributed by atoms with E-state index in [4.69, 9.17) is 9.47 Å². The monoisotopic (exact) mass is 528 g/mol. The average Bonchev–Trinajstić information content (AvgIpc) is 2.92. The maximum absolute atomic E-state index is 13.6. The van der Waals surface area contributed by atoms with Crippen LogP contribution in [0.15, 0.2) is 78.9 Å². The van der Waals surface area contributed by atoms with Crippen LogP contribution in [0.5, 0.6) is 11.5 Å². The van der Waals surface area contributed by atoms with E-state index in [-0.39, 0.29) is 18.0 Å². The number of hydrogen-bond donors (Lipinski definition) is 0. The fourth-order valence-electron chi connectivity index (χ4n) is 4.72. The second-order valence-electron chi connectivity index (χ2n) is 10.7. The van der Waals surface area contributed by atoms with Crippen LogP contribution in [-0.2, 0) is 22.4 Å². The van der Waals surface area contributed by atoms with Crippen LogP contribution in [-0.4, -0.2) is 59.4 Å². The zero-order chi connectivity index (χ0) is 27.8. The van der Waals surface area contributed by atoms with E-state index in [1.54, 1.807) is 23.1 Å². The van der Waals surface area contributed by atoms with Gasteiger partial charge in [0.05, 0.1) is 11.6 Å². The summed E-state index contributed by atoms with van der Waals surface area (Å²) in [4.78, 5) is 41.4. The lowest BCUT2D eigenvalue weighted by Gasteiger charge is -2.42. The van der Waals surface area contributed by atoms with Crippen LogP contribution in [0.1, 0.15) is 48.7 Å². The summed E-state index contributed by atoms with van der Waals surface area (Å²) in [6.07, 6.45) is 1.85. The number of benzene rings is 3. The Balaban J connectivity index is 1.46. The number of rotatable bonds is 8. The first-order chi connectivity index (χ1) is 18.7. The van der Waals surface area contributed by atoms with Gasteiger partial charge in [-0.3, -0.25) is 9.59 Å². The number of aldehydes is 1. The maximum Gasteiger partial charge on any atom is 0.410 e. The molecule has 7 heteroatoms. The summed E-state index contributed by atoms with van der Waals surface area (Å²) in [6.45, 7) is 6.84. The molecule has 0 aromatic heterocycles. The van der Waals surface area contributed by atoms with E-state index in [9.17, 15) is 14.4 Å².